The summed E-state index contributed by atoms with van der Waals surface area (Å²) in [6, 6.07) is 5.11. The standard InChI is InChI=1S/C16H23N3O2/c1-5-6-11(2)16(21)18-14-9-12(15(17)20)7-8-13(14)10-19(3)4/h6-9H,5,10H2,1-4H3,(H2,17,20)(H,18,21). The first-order chi connectivity index (χ1) is 9.85. The van der Waals surface area contributed by atoms with Gasteiger partial charge in [0.05, 0.1) is 0 Å². The third-order valence-electron chi connectivity index (χ3n) is 3.00. The monoisotopic (exact) mass is 289 g/mol. The fraction of sp³-hybridized carbons (Fsp3) is 0.375. The highest BCUT2D eigenvalue weighted by Gasteiger charge is 2.11. The molecule has 0 heterocycles. The van der Waals surface area contributed by atoms with Crippen LogP contribution in [0.15, 0.2) is 29.8 Å². The van der Waals surface area contributed by atoms with Crippen LogP contribution in [-0.4, -0.2) is 30.8 Å². The van der Waals surface area contributed by atoms with Gasteiger partial charge in [-0.15, -0.1) is 0 Å². The van der Waals surface area contributed by atoms with Crippen molar-refractivity contribution in [2.75, 3.05) is 19.4 Å². The minimum atomic E-state index is -0.511. The van der Waals surface area contributed by atoms with Crippen LogP contribution in [0.4, 0.5) is 5.69 Å². The number of carbonyl (C=O) groups excluding carboxylic acids is 2. The third kappa shape index (κ3) is 5.04. The van der Waals surface area contributed by atoms with Crippen molar-refractivity contribution in [2.24, 2.45) is 5.73 Å². The number of hydrogen-bond acceptors (Lipinski definition) is 3. The molecule has 114 valence electrons. The molecule has 3 N–H and O–H groups in total. The van der Waals surface area contributed by atoms with E-state index in [9.17, 15) is 9.59 Å². The zero-order valence-electron chi connectivity index (χ0n) is 13.1. The second kappa shape index (κ2) is 7.59. The summed E-state index contributed by atoms with van der Waals surface area (Å²) >= 11 is 0. The number of nitrogens with zero attached hydrogens (tertiary/aromatic N) is 1. The lowest BCUT2D eigenvalue weighted by Gasteiger charge is -2.16. The summed E-state index contributed by atoms with van der Waals surface area (Å²) in [7, 11) is 3.88. The minimum absolute atomic E-state index is 0.168. The van der Waals surface area contributed by atoms with E-state index >= 15 is 0 Å². The Hall–Kier alpha value is -2.14. The normalized spacial score (nSPS) is 11.6. The Labute approximate surface area is 125 Å². The lowest BCUT2D eigenvalue weighted by molar-refractivity contribution is -0.112. The Morgan fingerprint density at radius 2 is 2.00 bits per heavy atom. The van der Waals surface area contributed by atoms with Gasteiger partial charge in [0, 0.05) is 23.4 Å². The lowest BCUT2D eigenvalue weighted by Crippen LogP contribution is -2.19. The van der Waals surface area contributed by atoms with Crippen molar-refractivity contribution >= 4 is 17.5 Å². The molecule has 0 aliphatic rings. The summed E-state index contributed by atoms with van der Waals surface area (Å²) in [6.07, 6.45) is 2.66. The van der Waals surface area contributed by atoms with E-state index in [2.05, 4.69) is 5.32 Å². The average molecular weight is 289 g/mol. The Morgan fingerprint density at radius 1 is 1.33 bits per heavy atom. The maximum Gasteiger partial charge on any atom is 0.250 e. The molecule has 21 heavy (non-hydrogen) atoms. The van der Waals surface area contributed by atoms with Crippen molar-refractivity contribution in [3.63, 3.8) is 0 Å². The minimum Gasteiger partial charge on any atom is -0.366 e. The Balaban J connectivity index is 3.11. The van der Waals surface area contributed by atoms with Crippen LogP contribution in [0.25, 0.3) is 0 Å². The Morgan fingerprint density at radius 3 is 2.52 bits per heavy atom. The smallest absolute Gasteiger partial charge is 0.250 e. The molecule has 0 saturated heterocycles. The number of anilines is 1. The highest BCUT2D eigenvalue weighted by molar-refractivity contribution is 6.04. The maximum absolute atomic E-state index is 12.1. The van der Waals surface area contributed by atoms with Crippen molar-refractivity contribution in [1.29, 1.82) is 0 Å². The fourth-order valence-electron chi connectivity index (χ4n) is 1.94. The van der Waals surface area contributed by atoms with Crippen LogP contribution in [0.1, 0.15) is 36.2 Å². The number of nitrogens with two attached hydrogens (primary N) is 1. The number of hydrogen-bond donors (Lipinski definition) is 2. The van der Waals surface area contributed by atoms with E-state index < -0.39 is 5.91 Å². The number of nitrogens with one attached hydrogen (secondary N) is 1. The van der Waals surface area contributed by atoms with Crippen LogP contribution in [0, 0.1) is 0 Å². The molecule has 1 rings (SSSR count). The molecular formula is C16H23N3O2. The zero-order valence-corrected chi connectivity index (χ0v) is 13.1. The third-order valence-corrected chi connectivity index (χ3v) is 3.00. The molecule has 5 nitrogen and oxygen atoms in total. The van der Waals surface area contributed by atoms with Crippen LogP contribution < -0.4 is 11.1 Å². The molecule has 0 spiro atoms. The van der Waals surface area contributed by atoms with Gasteiger partial charge in [-0.2, -0.15) is 0 Å². The maximum atomic E-state index is 12.1. The van der Waals surface area contributed by atoms with Crippen LogP contribution in [-0.2, 0) is 11.3 Å². The fourth-order valence-corrected chi connectivity index (χ4v) is 1.94. The van der Waals surface area contributed by atoms with Gasteiger partial charge >= 0.3 is 0 Å². The van der Waals surface area contributed by atoms with E-state index in [1.54, 1.807) is 19.1 Å². The number of carbonyl (C=O) groups is 2. The molecule has 0 aromatic heterocycles. The molecule has 0 atom stereocenters. The molecule has 0 radical (unpaired) electrons. The molecule has 0 bridgehead atoms. The van der Waals surface area contributed by atoms with Crippen LogP contribution >= 0.6 is 0 Å². The van der Waals surface area contributed by atoms with Crippen LogP contribution in [0.2, 0.25) is 0 Å². The van der Waals surface area contributed by atoms with Gasteiger partial charge in [-0.05, 0) is 45.1 Å². The summed E-state index contributed by atoms with van der Waals surface area (Å²) in [4.78, 5) is 25.4. The molecule has 1 aromatic carbocycles. The lowest BCUT2D eigenvalue weighted by atomic mass is 10.1. The second-order valence-corrected chi connectivity index (χ2v) is 5.22. The highest BCUT2D eigenvalue weighted by atomic mass is 16.2. The van der Waals surface area contributed by atoms with Gasteiger partial charge in [-0.3, -0.25) is 9.59 Å². The molecule has 0 fully saturated rings. The van der Waals surface area contributed by atoms with E-state index in [-0.39, 0.29) is 5.91 Å². The van der Waals surface area contributed by atoms with Crippen molar-refractivity contribution < 1.29 is 9.59 Å². The number of allylic oxidation sites excluding steroid dienone is 1. The summed E-state index contributed by atoms with van der Waals surface area (Å²) in [5.41, 5.74) is 7.88. The summed E-state index contributed by atoms with van der Waals surface area (Å²) in [6.45, 7) is 4.40. The van der Waals surface area contributed by atoms with Gasteiger partial charge in [0.15, 0.2) is 0 Å². The van der Waals surface area contributed by atoms with Crippen LogP contribution in [0.5, 0.6) is 0 Å². The van der Waals surface area contributed by atoms with Crippen molar-refractivity contribution in [3.05, 3.63) is 41.0 Å². The first kappa shape index (κ1) is 16.9. The van der Waals surface area contributed by atoms with E-state index in [4.69, 9.17) is 5.73 Å². The quantitative estimate of drug-likeness (QED) is 0.788. The molecular weight excluding hydrogens is 266 g/mol. The molecule has 0 aliphatic carbocycles. The molecule has 2 amide bonds. The largest absolute Gasteiger partial charge is 0.366 e. The van der Waals surface area contributed by atoms with E-state index in [1.807, 2.05) is 38.1 Å². The molecule has 0 unspecified atom stereocenters. The number of amides is 2. The SMILES string of the molecule is CCC=C(C)C(=O)Nc1cc(C(N)=O)ccc1CN(C)C. The summed E-state index contributed by atoms with van der Waals surface area (Å²) < 4.78 is 0. The van der Waals surface area contributed by atoms with E-state index in [1.165, 1.54) is 0 Å². The van der Waals surface area contributed by atoms with Crippen molar-refractivity contribution in [2.45, 2.75) is 26.8 Å². The van der Waals surface area contributed by atoms with Gasteiger partial charge in [0.25, 0.3) is 5.91 Å². The molecule has 0 aliphatic heterocycles. The van der Waals surface area contributed by atoms with Gasteiger partial charge < -0.3 is 16.0 Å². The summed E-state index contributed by atoms with van der Waals surface area (Å²) in [5, 5.41) is 2.85. The Kier molecular flexibility index (Phi) is 6.11. The Bertz CT molecular complexity index is 563. The average Bonchev–Trinajstić information content (AvgIpc) is 2.40. The molecule has 1 aromatic rings. The van der Waals surface area contributed by atoms with Gasteiger partial charge in [0.2, 0.25) is 5.91 Å². The zero-order chi connectivity index (χ0) is 16.0. The second-order valence-electron chi connectivity index (χ2n) is 5.22. The summed E-state index contributed by atoms with van der Waals surface area (Å²) in [5.74, 6) is -0.679. The highest BCUT2D eigenvalue weighted by Crippen LogP contribution is 2.20. The first-order valence-electron chi connectivity index (χ1n) is 6.90. The van der Waals surface area contributed by atoms with Crippen LogP contribution in [0.3, 0.4) is 0 Å². The van der Waals surface area contributed by atoms with E-state index in [0.717, 1.165) is 12.0 Å². The van der Waals surface area contributed by atoms with Crippen molar-refractivity contribution in [3.8, 4) is 0 Å². The molecule has 0 saturated carbocycles. The predicted octanol–water partition coefficient (Wildman–Crippen LogP) is 2.14. The predicted molar refractivity (Wildman–Crippen MR) is 85.0 cm³/mol. The van der Waals surface area contributed by atoms with Gasteiger partial charge in [-0.25, -0.2) is 0 Å². The number of rotatable bonds is 6. The van der Waals surface area contributed by atoms with E-state index in [0.29, 0.717) is 23.4 Å². The number of benzene rings is 1. The van der Waals surface area contributed by atoms with Gasteiger partial charge in [-0.1, -0.05) is 19.1 Å². The molecule has 5 heteroatoms. The topological polar surface area (TPSA) is 75.4 Å². The van der Waals surface area contributed by atoms with Crippen molar-refractivity contribution in [1.82, 2.24) is 4.90 Å². The van der Waals surface area contributed by atoms with Gasteiger partial charge in [0.1, 0.15) is 0 Å². The number of primary amides is 1. The first-order valence-corrected chi connectivity index (χ1v) is 6.90.